The smallest absolute Gasteiger partial charge is 0.337 e. The first kappa shape index (κ1) is 14.4. The molecule has 4 aromatic rings. The number of H-pyrrole nitrogens is 1. The van der Waals surface area contributed by atoms with E-state index >= 15 is 0 Å². The summed E-state index contributed by atoms with van der Waals surface area (Å²) in [6.07, 6.45) is 1.52. The van der Waals surface area contributed by atoms with Crippen molar-refractivity contribution in [2.45, 2.75) is 20.4 Å². The van der Waals surface area contributed by atoms with Crippen LogP contribution >= 0.6 is 0 Å². The number of aromatic carboxylic acids is 1. The van der Waals surface area contributed by atoms with Gasteiger partial charge in [-0.2, -0.15) is 5.10 Å². The molecule has 0 amide bonds. The van der Waals surface area contributed by atoms with Gasteiger partial charge in [-0.25, -0.2) is 4.79 Å². The van der Waals surface area contributed by atoms with Crippen LogP contribution in [0.1, 0.15) is 22.8 Å². The van der Waals surface area contributed by atoms with Crippen LogP contribution in [0.25, 0.3) is 33.3 Å². The number of hydrogen-bond donors (Lipinski definition) is 2. The van der Waals surface area contributed by atoms with Crippen LogP contribution in [-0.2, 0) is 6.54 Å². The number of carboxylic acids is 1. The molecule has 0 atom stereocenters. The third kappa shape index (κ3) is 2.07. The second kappa shape index (κ2) is 5.19. The lowest BCUT2D eigenvalue weighted by atomic mass is 10.1. The standard InChI is InChI=1S/C18H16N4O2/c1-3-22-17(11-5-4-10(2)8-13(11)21-22)15-9-14-16(20-15)12(18(23)24)6-7-19-14/h4-9,20H,3H2,1-2H3,(H,23,24). The number of fused-ring (bicyclic) bond motifs is 2. The minimum atomic E-state index is -0.972. The number of carboxylic acid groups (broad SMARTS) is 1. The van der Waals surface area contributed by atoms with Crippen molar-refractivity contribution in [2.24, 2.45) is 0 Å². The predicted molar refractivity (Wildman–Crippen MR) is 92.2 cm³/mol. The van der Waals surface area contributed by atoms with Crippen LogP contribution in [0, 0.1) is 6.92 Å². The molecule has 6 nitrogen and oxygen atoms in total. The largest absolute Gasteiger partial charge is 0.478 e. The van der Waals surface area contributed by atoms with Crippen LogP contribution in [0.2, 0.25) is 0 Å². The predicted octanol–water partition coefficient (Wildman–Crippen LogP) is 3.61. The monoisotopic (exact) mass is 320 g/mol. The fourth-order valence-electron chi connectivity index (χ4n) is 3.09. The number of aryl methyl sites for hydroxylation is 2. The summed E-state index contributed by atoms with van der Waals surface area (Å²) in [5, 5.41) is 15.0. The Morgan fingerprint density at radius 2 is 2.08 bits per heavy atom. The van der Waals surface area contributed by atoms with E-state index in [1.165, 1.54) is 12.3 Å². The molecule has 0 spiro atoms. The Morgan fingerprint density at radius 1 is 1.25 bits per heavy atom. The number of rotatable bonds is 3. The summed E-state index contributed by atoms with van der Waals surface area (Å²) in [5.41, 5.74) is 5.23. The van der Waals surface area contributed by atoms with Gasteiger partial charge in [0, 0.05) is 18.1 Å². The quantitative estimate of drug-likeness (QED) is 0.604. The average Bonchev–Trinajstić information content (AvgIpc) is 3.13. The van der Waals surface area contributed by atoms with Gasteiger partial charge in [0.2, 0.25) is 0 Å². The van der Waals surface area contributed by atoms with E-state index in [2.05, 4.69) is 33.3 Å². The molecule has 4 rings (SSSR count). The first-order chi connectivity index (χ1) is 11.6. The van der Waals surface area contributed by atoms with Crippen molar-refractivity contribution in [3.8, 4) is 11.4 Å². The van der Waals surface area contributed by atoms with E-state index in [1.807, 2.05) is 24.6 Å². The lowest BCUT2D eigenvalue weighted by molar-refractivity contribution is 0.0699. The Hall–Kier alpha value is -3.15. The van der Waals surface area contributed by atoms with Gasteiger partial charge in [-0.1, -0.05) is 12.1 Å². The normalized spacial score (nSPS) is 11.4. The van der Waals surface area contributed by atoms with Gasteiger partial charge < -0.3 is 10.1 Å². The maximum absolute atomic E-state index is 11.4. The Balaban J connectivity index is 2.02. The van der Waals surface area contributed by atoms with Crippen LogP contribution in [0.4, 0.5) is 0 Å². The number of benzene rings is 1. The van der Waals surface area contributed by atoms with E-state index in [4.69, 9.17) is 0 Å². The molecule has 2 N–H and O–H groups in total. The number of pyridine rings is 1. The summed E-state index contributed by atoms with van der Waals surface area (Å²) < 4.78 is 1.93. The van der Waals surface area contributed by atoms with E-state index in [0.29, 0.717) is 11.0 Å². The van der Waals surface area contributed by atoms with Crippen molar-refractivity contribution in [2.75, 3.05) is 0 Å². The van der Waals surface area contributed by atoms with E-state index < -0.39 is 5.97 Å². The maximum atomic E-state index is 11.4. The second-order valence-electron chi connectivity index (χ2n) is 5.79. The van der Waals surface area contributed by atoms with Gasteiger partial charge in [0.05, 0.1) is 33.5 Å². The molecular formula is C18H16N4O2. The number of carbonyl (C=O) groups is 1. The minimum absolute atomic E-state index is 0.217. The summed E-state index contributed by atoms with van der Waals surface area (Å²) in [4.78, 5) is 18.9. The molecular weight excluding hydrogens is 304 g/mol. The van der Waals surface area contributed by atoms with Crippen molar-refractivity contribution >= 4 is 27.9 Å². The first-order valence-corrected chi connectivity index (χ1v) is 7.77. The Labute approximate surface area is 137 Å². The van der Waals surface area contributed by atoms with E-state index in [1.54, 1.807) is 0 Å². The van der Waals surface area contributed by atoms with Crippen LogP contribution in [-0.4, -0.2) is 30.8 Å². The maximum Gasteiger partial charge on any atom is 0.337 e. The van der Waals surface area contributed by atoms with Crippen LogP contribution < -0.4 is 0 Å². The third-order valence-corrected chi connectivity index (χ3v) is 4.20. The molecule has 1 aromatic carbocycles. The third-order valence-electron chi connectivity index (χ3n) is 4.20. The number of nitrogens with one attached hydrogen (secondary N) is 1. The topological polar surface area (TPSA) is 83.8 Å². The van der Waals surface area contributed by atoms with Gasteiger partial charge in [0.1, 0.15) is 0 Å². The molecule has 3 aromatic heterocycles. The van der Waals surface area contributed by atoms with Gasteiger partial charge >= 0.3 is 5.97 Å². The number of nitrogens with zero attached hydrogens (tertiary/aromatic N) is 3. The highest BCUT2D eigenvalue weighted by molar-refractivity contribution is 6.03. The summed E-state index contributed by atoms with van der Waals surface area (Å²) in [5.74, 6) is -0.972. The molecule has 0 unspecified atom stereocenters. The van der Waals surface area contributed by atoms with E-state index in [0.717, 1.165) is 34.4 Å². The first-order valence-electron chi connectivity index (χ1n) is 7.77. The highest BCUT2D eigenvalue weighted by atomic mass is 16.4. The molecule has 0 aliphatic heterocycles. The van der Waals surface area contributed by atoms with Crippen molar-refractivity contribution in [3.05, 3.63) is 47.7 Å². The van der Waals surface area contributed by atoms with Gasteiger partial charge in [0.15, 0.2) is 0 Å². The lowest BCUT2D eigenvalue weighted by Crippen LogP contribution is -1.99. The Kier molecular flexibility index (Phi) is 3.13. The summed E-state index contributed by atoms with van der Waals surface area (Å²) in [6.45, 7) is 4.79. The zero-order valence-corrected chi connectivity index (χ0v) is 13.4. The molecule has 24 heavy (non-hydrogen) atoms. The van der Waals surface area contributed by atoms with Crippen LogP contribution in [0.5, 0.6) is 0 Å². The second-order valence-corrected chi connectivity index (χ2v) is 5.79. The molecule has 0 aliphatic rings. The van der Waals surface area contributed by atoms with Crippen LogP contribution in [0.3, 0.4) is 0 Å². The van der Waals surface area contributed by atoms with Crippen molar-refractivity contribution in [1.29, 1.82) is 0 Å². The van der Waals surface area contributed by atoms with Gasteiger partial charge in [-0.15, -0.1) is 0 Å². The average molecular weight is 320 g/mol. The Bertz CT molecular complexity index is 1090. The Morgan fingerprint density at radius 3 is 2.83 bits per heavy atom. The summed E-state index contributed by atoms with van der Waals surface area (Å²) >= 11 is 0. The molecule has 0 aliphatic carbocycles. The molecule has 6 heteroatoms. The molecule has 0 saturated carbocycles. The molecule has 120 valence electrons. The van der Waals surface area contributed by atoms with E-state index in [9.17, 15) is 9.90 Å². The molecule has 0 radical (unpaired) electrons. The minimum Gasteiger partial charge on any atom is -0.478 e. The number of hydrogen-bond acceptors (Lipinski definition) is 3. The summed E-state index contributed by atoms with van der Waals surface area (Å²) in [6, 6.07) is 9.54. The van der Waals surface area contributed by atoms with Crippen molar-refractivity contribution < 1.29 is 9.90 Å². The summed E-state index contributed by atoms with van der Waals surface area (Å²) in [7, 11) is 0. The molecule has 3 heterocycles. The van der Waals surface area contributed by atoms with E-state index in [-0.39, 0.29) is 5.56 Å². The van der Waals surface area contributed by atoms with Crippen molar-refractivity contribution in [1.82, 2.24) is 19.7 Å². The highest BCUT2D eigenvalue weighted by Gasteiger charge is 2.17. The van der Waals surface area contributed by atoms with Crippen LogP contribution in [0.15, 0.2) is 36.5 Å². The van der Waals surface area contributed by atoms with Crippen molar-refractivity contribution in [3.63, 3.8) is 0 Å². The fraction of sp³-hybridized carbons (Fsp3) is 0.167. The fourth-order valence-corrected chi connectivity index (χ4v) is 3.09. The number of aromatic amines is 1. The highest BCUT2D eigenvalue weighted by Crippen LogP contribution is 2.31. The molecule has 0 saturated heterocycles. The van der Waals surface area contributed by atoms with Gasteiger partial charge in [-0.3, -0.25) is 9.67 Å². The lowest BCUT2D eigenvalue weighted by Gasteiger charge is -2.03. The molecule has 0 fully saturated rings. The number of aromatic nitrogens is 4. The van der Waals surface area contributed by atoms with Gasteiger partial charge in [0.25, 0.3) is 0 Å². The SMILES string of the molecule is CCn1nc2cc(C)ccc2c1-c1cc2nccc(C(=O)O)c2[nH]1. The van der Waals surface area contributed by atoms with Gasteiger partial charge in [-0.05, 0) is 37.6 Å². The molecule has 0 bridgehead atoms. The zero-order chi connectivity index (χ0) is 16.8. The zero-order valence-electron chi connectivity index (χ0n) is 13.4.